The molecule has 11 aromatic carbocycles. The number of para-hydroxylation sites is 4. The largest absolute Gasteiger partial charge is 0.634 e. The van der Waals surface area contributed by atoms with Gasteiger partial charge in [0.05, 0.1) is 0 Å². The molecule has 25 rings (SSSR count). The smallest absolute Gasteiger partial charge is 0.521 e. The summed E-state index contributed by atoms with van der Waals surface area (Å²) >= 11 is 0. The average Bonchev–Trinajstić information content (AvgIpc) is 0.673. The van der Waals surface area contributed by atoms with Crippen molar-refractivity contribution in [2.75, 3.05) is 9.62 Å². The highest BCUT2D eigenvalue weighted by Gasteiger charge is 2.63. The summed E-state index contributed by atoms with van der Waals surface area (Å²) in [6, 6.07) is 56.2. The van der Waals surface area contributed by atoms with E-state index in [2.05, 4.69) is 119 Å². The molecule has 0 radical (unpaired) electrons. The Morgan fingerprint density at radius 1 is 0.207 bits per heavy atom. The number of hydrogen-bond donors (Lipinski definition) is 0. The maximum atomic E-state index is 7.41. The normalized spacial score (nSPS) is 16.5. The third kappa shape index (κ3) is 4.67. The number of fused-ring (bicyclic) bond motifs is 4. The zero-order valence-electron chi connectivity index (χ0n) is 44.9. The third-order valence-electron chi connectivity index (χ3n) is 20.3. The highest BCUT2D eigenvalue weighted by atomic mass is 16.6. The van der Waals surface area contributed by atoms with E-state index in [0.29, 0.717) is 57.5 Å². The minimum atomic E-state index is -0.914. The molecule has 14 heterocycles. The van der Waals surface area contributed by atoms with E-state index in [-0.39, 0.29) is 0 Å². The molecule has 0 bridgehead atoms. The van der Waals surface area contributed by atoms with E-state index in [1.165, 1.54) is 0 Å². The second kappa shape index (κ2) is 13.9. The summed E-state index contributed by atoms with van der Waals surface area (Å²) in [6.45, 7) is -0.539. The molecule has 0 saturated heterocycles. The van der Waals surface area contributed by atoms with Crippen LogP contribution in [0.3, 0.4) is 0 Å². The molecule has 14 aliphatic rings. The molecule has 0 spiro atoms. The van der Waals surface area contributed by atoms with Gasteiger partial charge in [-0.15, -0.1) is 0 Å². The van der Waals surface area contributed by atoms with Crippen LogP contribution >= 0.6 is 0 Å². The van der Waals surface area contributed by atoms with Gasteiger partial charge in [0.25, 0.3) is 0 Å². The van der Waals surface area contributed by atoms with Crippen molar-refractivity contribution in [3.63, 3.8) is 0 Å². The van der Waals surface area contributed by atoms with Gasteiger partial charge in [-0.1, -0.05) is 84.9 Å². The Bertz CT molecular complexity index is 5040. The summed E-state index contributed by atoms with van der Waals surface area (Å²) in [4.78, 5) is 4.89. The lowest BCUT2D eigenvalue weighted by atomic mass is 9.48. The van der Waals surface area contributed by atoms with Gasteiger partial charge in [-0.2, -0.15) is 0 Å². The van der Waals surface area contributed by atoms with Gasteiger partial charge in [0, 0.05) is 164 Å². The molecule has 0 aromatic heterocycles. The number of anilines is 4. The third-order valence-corrected chi connectivity index (χ3v) is 20.3. The molecule has 87 heavy (non-hydrogen) atoms. The van der Waals surface area contributed by atoms with Crippen molar-refractivity contribution in [2.45, 2.75) is 0 Å². The van der Waals surface area contributed by atoms with E-state index in [1.807, 2.05) is 54.6 Å². The Kier molecular flexibility index (Phi) is 6.85. The van der Waals surface area contributed by atoms with Crippen molar-refractivity contribution in [3.8, 4) is 158 Å². The summed E-state index contributed by atoms with van der Waals surface area (Å²) in [5, 5.41) is 0. The summed E-state index contributed by atoms with van der Waals surface area (Å²) < 4.78 is 85.5. The van der Waals surface area contributed by atoms with E-state index in [4.69, 9.17) is 55.9 Å². The van der Waals surface area contributed by atoms with Crippen molar-refractivity contribution in [2.24, 2.45) is 0 Å². The van der Waals surface area contributed by atoms with Crippen LogP contribution in [0, 0.1) is 0 Å². The molecule has 0 amide bonds. The molecule has 0 saturated carbocycles. The lowest BCUT2D eigenvalue weighted by molar-refractivity contribution is 0.408. The van der Waals surface area contributed by atoms with Crippen LogP contribution in [-0.2, 0) is 0 Å². The van der Waals surface area contributed by atoms with Crippen LogP contribution in [0.25, 0.3) is 89.0 Å². The standard InChI is InChI=1S/C66H27B7N2O12/c1-3-11-28(12-4-1)74-34-23-40-54-58-46(26-44-56-50-38(78-72(80-40)65(56)58)21-19-32-30-15-7-9-17-36(30)76-68(82-44)60(32)50)86-70-63(54)48(34)52-42(84-70)25-43-53-49-35(75(67(74)62(52)53)29-13-5-2-6-14-29)24-41-55-59-47(87-71(85-43)64(49)55)27-45-57-51-39(79-73(81-41)66(57)59)22-20-33-31-16-8-10-18-37(31)77-69(83-45)61(33)51/h1-27H. The quantitative estimate of drug-likeness (QED) is 0.156. The molecule has 21 heteroatoms. The predicted octanol–water partition coefficient (Wildman–Crippen LogP) is 7.90. The summed E-state index contributed by atoms with van der Waals surface area (Å²) in [6.07, 6.45) is 0. The molecule has 0 atom stereocenters. The van der Waals surface area contributed by atoms with Crippen molar-refractivity contribution >= 4 is 111 Å². The van der Waals surface area contributed by atoms with Gasteiger partial charge >= 0.3 is 49.7 Å². The summed E-state index contributed by atoms with van der Waals surface area (Å²) in [5.74, 6) is 7.88. The fourth-order valence-corrected chi connectivity index (χ4v) is 17.3. The first-order valence-electron chi connectivity index (χ1n) is 29.4. The molecule has 394 valence electrons. The van der Waals surface area contributed by atoms with E-state index >= 15 is 0 Å². The summed E-state index contributed by atoms with van der Waals surface area (Å²) in [7, 11) is -4.92. The molecule has 14 aliphatic heterocycles. The highest BCUT2D eigenvalue weighted by molar-refractivity contribution is 6.89. The lowest BCUT2D eigenvalue weighted by Gasteiger charge is -2.52. The van der Waals surface area contributed by atoms with Gasteiger partial charge in [-0.25, -0.2) is 0 Å². The number of hydrogen-bond acceptors (Lipinski definition) is 14. The molecule has 0 unspecified atom stereocenters. The Labute approximate surface area is 495 Å². The SMILES string of the molecule is c1ccc(N2B3c4c5c(cc6c4-c4c(cc7c8c4B(Oc4cc9c%10c(c4-8)B(Oc4ccc8c(c4-%10)B(Oc4ccccc4-8)O9)O7)O6)N3c3ccccc3)OB3Oc4cc6c7c8c4-c4c(cc2c-5c43)OB8Oc2ccc3c(c2-7)B(Oc2ccccc2-3)O6)cc1. The van der Waals surface area contributed by atoms with Crippen molar-refractivity contribution in [3.05, 3.63) is 164 Å². The molecular formula is C66H27B7N2O12. The Balaban J connectivity index is 0.760. The zero-order chi connectivity index (χ0) is 55.3. The first-order chi connectivity index (χ1) is 43.1. The molecule has 14 nitrogen and oxygen atoms in total. The first kappa shape index (κ1) is 42.8. The predicted molar refractivity (Wildman–Crippen MR) is 332 cm³/mol. The first-order valence-corrected chi connectivity index (χ1v) is 29.4. The Hall–Kier alpha value is -10.9. The molecule has 11 aromatic rings. The molecule has 0 fully saturated rings. The van der Waals surface area contributed by atoms with Crippen molar-refractivity contribution < 1.29 is 55.9 Å². The zero-order valence-corrected chi connectivity index (χ0v) is 44.9. The van der Waals surface area contributed by atoms with Crippen molar-refractivity contribution in [1.29, 1.82) is 0 Å². The van der Waals surface area contributed by atoms with Crippen LogP contribution in [0.15, 0.2) is 164 Å². The number of nitrogens with zero attached hydrogens (tertiary/aromatic N) is 2. The second-order valence-corrected chi connectivity index (χ2v) is 24.2. The van der Waals surface area contributed by atoms with Gasteiger partial charge < -0.3 is 65.5 Å². The van der Waals surface area contributed by atoms with E-state index in [9.17, 15) is 0 Å². The number of rotatable bonds is 2. The van der Waals surface area contributed by atoms with Gasteiger partial charge in [-0.05, 0) is 65.1 Å². The van der Waals surface area contributed by atoms with Gasteiger partial charge in [0.15, 0.2) is 0 Å². The van der Waals surface area contributed by atoms with Gasteiger partial charge in [-0.3, -0.25) is 0 Å². The Morgan fingerprint density at radius 2 is 0.494 bits per heavy atom. The molecule has 0 N–H and O–H groups in total. The van der Waals surface area contributed by atoms with E-state index < -0.39 is 49.7 Å². The summed E-state index contributed by atoms with van der Waals surface area (Å²) in [5.41, 5.74) is 25.4. The fraction of sp³-hybridized carbons (Fsp3) is 0. The van der Waals surface area contributed by atoms with Gasteiger partial charge in [0.2, 0.25) is 0 Å². The molecule has 0 aliphatic carbocycles. The van der Waals surface area contributed by atoms with E-state index in [1.54, 1.807) is 0 Å². The maximum Gasteiger partial charge on any atom is 0.634 e. The molecular weight excluding hydrogens is 1090 g/mol. The maximum absolute atomic E-state index is 7.41. The van der Waals surface area contributed by atoms with Crippen LogP contribution in [0.5, 0.6) is 69.0 Å². The van der Waals surface area contributed by atoms with Crippen LogP contribution < -0.4 is 104 Å². The van der Waals surface area contributed by atoms with E-state index in [0.717, 1.165) is 162 Å². The van der Waals surface area contributed by atoms with Crippen LogP contribution in [0.4, 0.5) is 22.7 Å². The monoisotopic (exact) mass is 1120 g/mol. The van der Waals surface area contributed by atoms with Crippen LogP contribution in [0.1, 0.15) is 0 Å². The fourth-order valence-electron chi connectivity index (χ4n) is 17.3. The van der Waals surface area contributed by atoms with Crippen molar-refractivity contribution in [1.82, 2.24) is 0 Å². The lowest BCUT2D eigenvalue weighted by Crippen LogP contribution is -2.66. The Morgan fingerprint density at radius 3 is 0.885 bits per heavy atom. The minimum Gasteiger partial charge on any atom is -0.521 e. The average molecular weight is 1120 g/mol. The highest BCUT2D eigenvalue weighted by Crippen LogP contribution is 2.63. The van der Waals surface area contributed by atoms with Crippen LogP contribution in [-0.4, -0.2) is 49.7 Å². The minimum absolute atomic E-state index is 0.539. The number of benzene rings is 11. The topological polar surface area (TPSA) is 117 Å². The van der Waals surface area contributed by atoms with Crippen LogP contribution in [0.2, 0.25) is 0 Å². The second-order valence-electron chi connectivity index (χ2n) is 24.2. The van der Waals surface area contributed by atoms with Gasteiger partial charge in [0.1, 0.15) is 69.0 Å².